The van der Waals surface area contributed by atoms with Gasteiger partial charge in [-0.15, -0.1) is 24.0 Å². The number of carbonyl (C=O) groups is 2. The number of nitrogens with one attached hydrogen (secondary N) is 3. The Bertz CT molecular complexity index is 732. The van der Waals surface area contributed by atoms with Crippen LogP contribution < -0.4 is 16.0 Å². The standard InChI is InChI=1S/C20H29N5O3.HI/c1-20(8-3-11-28-20)14-24-19(21-2)23-12-15-4-6-16(7-5-15)18(27)25-10-9-22-17(26)13-25;/h4-7H,3,8-14H2,1-2H3,(H,22,26)(H2,21,23,24);1H. The number of nitrogens with zero attached hydrogens (tertiary/aromatic N) is 2. The molecule has 8 nitrogen and oxygen atoms in total. The summed E-state index contributed by atoms with van der Waals surface area (Å²) in [5.41, 5.74) is 1.50. The molecule has 2 aliphatic heterocycles. The van der Waals surface area contributed by atoms with Crippen molar-refractivity contribution in [1.29, 1.82) is 0 Å². The van der Waals surface area contributed by atoms with E-state index < -0.39 is 0 Å². The summed E-state index contributed by atoms with van der Waals surface area (Å²) in [5.74, 6) is 0.490. The molecule has 3 N–H and O–H groups in total. The second kappa shape index (κ2) is 10.8. The molecule has 1 unspecified atom stereocenters. The molecule has 9 heteroatoms. The summed E-state index contributed by atoms with van der Waals surface area (Å²) >= 11 is 0. The Kier molecular flexibility index (Phi) is 8.69. The zero-order chi connectivity index (χ0) is 20.0. The molecule has 3 rings (SSSR count). The average Bonchev–Trinajstić information content (AvgIpc) is 3.15. The van der Waals surface area contributed by atoms with E-state index in [1.165, 1.54) is 0 Å². The van der Waals surface area contributed by atoms with E-state index in [-0.39, 0.29) is 47.9 Å². The fourth-order valence-electron chi connectivity index (χ4n) is 3.41. The van der Waals surface area contributed by atoms with E-state index in [1.807, 2.05) is 12.1 Å². The van der Waals surface area contributed by atoms with Crippen molar-refractivity contribution in [2.45, 2.75) is 31.9 Å². The first kappa shape index (κ1) is 23.4. The fraction of sp³-hybridized carbons (Fsp3) is 0.550. The van der Waals surface area contributed by atoms with Crippen molar-refractivity contribution >= 4 is 41.8 Å². The Morgan fingerprint density at radius 1 is 1.31 bits per heavy atom. The van der Waals surface area contributed by atoms with Gasteiger partial charge in [0, 0.05) is 45.4 Å². The van der Waals surface area contributed by atoms with E-state index in [2.05, 4.69) is 27.9 Å². The van der Waals surface area contributed by atoms with Crippen LogP contribution in [0.15, 0.2) is 29.3 Å². The summed E-state index contributed by atoms with van der Waals surface area (Å²) in [6, 6.07) is 7.43. The van der Waals surface area contributed by atoms with Crippen LogP contribution in [-0.2, 0) is 16.1 Å². The van der Waals surface area contributed by atoms with Gasteiger partial charge in [0.25, 0.3) is 5.91 Å². The first-order valence-corrected chi connectivity index (χ1v) is 9.72. The van der Waals surface area contributed by atoms with Crippen LogP contribution >= 0.6 is 24.0 Å². The van der Waals surface area contributed by atoms with Gasteiger partial charge in [-0.2, -0.15) is 0 Å². The van der Waals surface area contributed by atoms with Crippen molar-refractivity contribution in [3.05, 3.63) is 35.4 Å². The molecule has 0 aliphatic carbocycles. The van der Waals surface area contributed by atoms with Gasteiger partial charge in [0.05, 0.1) is 12.1 Å². The van der Waals surface area contributed by atoms with Crippen molar-refractivity contribution in [3.8, 4) is 0 Å². The molecule has 2 saturated heterocycles. The van der Waals surface area contributed by atoms with Gasteiger partial charge in [-0.1, -0.05) is 12.1 Å². The highest BCUT2D eigenvalue weighted by molar-refractivity contribution is 14.0. The number of benzene rings is 1. The maximum absolute atomic E-state index is 12.5. The third kappa shape index (κ3) is 6.56. The van der Waals surface area contributed by atoms with Gasteiger partial charge in [0.2, 0.25) is 5.91 Å². The van der Waals surface area contributed by atoms with Gasteiger partial charge < -0.3 is 25.6 Å². The van der Waals surface area contributed by atoms with Gasteiger partial charge in [-0.3, -0.25) is 14.6 Å². The normalized spacial score (nSPS) is 21.9. The van der Waals surface area contributed by atoms with Crippen LogP contribution in [0.5, 0.6) is 0 Å². The first-order valence-electron chi connectivity index (χ1n) is 9.72. The SMILES string of the molecule is CN=C(NCc1ccc(C(=O)N2CCNC(=O)C2)cc1)NCC1(C)CCCO1.I. The third-order valence-corrected chi connectivity index (χ3v) is 5.14. The number of aliphatic imine (C=N–C) groups is 1. The molecule has 0 spiro atoms. The number of ether oxygens (including phenoxy) is 1. The monoisotopic (exact) mass is 515 g/mol. The van der Waals surface area contributed by atoms with Crippen LogP contribution in [0, 0.1) is 0 Å². The molecule has 29 heavy (non-hydrogen) atoms. The summed E-state index contributed by atoms with van der Waals surface area (Å²) in [5, 5.41) is 9.32. The molecule has 160 valence electrons. The molecule has 1 atom stereocenters. The molecule has 0 aromatic heterocycles. The number of amides is 2. The molecule has 0 saturated carbocycles. The number of hydrogen-bond acceptors (Lipinski definition) is 4. The van der Waals surface area contributed by atoms with Gasteiger partial charge in [-0.05, 0) is 37.5 Å². The molecule has 1 aromatic carbocycles. The zero-order valence-corrected chi connectivity index (χ0v) is 19.3. The van der Waals surface area contributed by atoms with Gasteiger partial charge in [0.15, 0.2) is 5.96 Å². The number of guanidine groups is 1. The van der Waals surface area contributed by atoms with E-state index in [0.717, 1.165) is 31.0 Å². The van der Waals surface area contributed by atoms with Gasteiger partial charge in [-0.25, -0.2) is 0 Å². The quantitative estimate of drug-likeness (QED) is 0.311. The number of halogens is 1. The molecular weight excluding hydrogens is 485 g/mol. The summed E-state index contributed by atoms with van der Waals surface area (Å²) in [7, 11) is 1.74. The van der Waals surface area contributed by atoms with Crippen LogP contribution in [-0.4, -0.2) is 68.1 Å². The van der Waals surface area contributed by atoms with Crippen LogP contribution in [0.1, 0.15) is 35.7 Å². The average molecular weight is 515 g/mol. The minimum atomic E-state index is -0.134. The summed E-state index contributed by atoms with van der Waals surface area (Å²) < 4.78 is 5.78. The lowest BCUT2D eigenvalue weighted by atomic mass is 10.0. The van der Waals surface area contributed by atoms with E-state index in [0.29, 0.717) is 31.7 Å². The van der Waals surface area contributed by atoms with Crippen molar-refractivity contribution in [2.24, 2.45) is 4.99 Å². The number of carbonyl (C=O) groups excluding carboxylic acids is 2. The Hall–Kier alpha value is -1.88. The predicted octanol–water partition coefficient (Wildman–Crippen LogP) is 1.11. The largest absolute Gasteiger partial charge is 0.373 e. The molecule has 2 amide bonds. The van der Waals surface area contributed by atoms with Crippen LogP contribution in [0.2, 0.25) is 0 Å². The highest BCUT2D eigenvalue weighted by Crippen LogP contribution is 2.23. The summed E-state index contributed by atoms with van der Waals surface area (Å²) in [6.45, 7) is 5.40. The van der Waals surface area contributed by atoms with E-state index in [1.54, 1.807) is 24.1 Å². The molecule has 2 fully saturated rings. The Balaban J connectivity index is 0.00000300. The summed E-state index contributed by atoms with van der Waals surface area (Å²) in [6.07, 6.45) is 2.14. The first-order chi connectivity index (χ1) is 13.5. The second-order valence-electron chi connectivity index (χ2n) is 7.45. The van der Waals surface area contributed by atoms with E-state index in [9.17, 15) is 9.59 Å². The van der Waals surface area contributed by atoms with Gasteiger partial charge >= 0.3 is 0 Å². The predicted molar refractivity (Wildman–Crippen MR) is 123 cm³/mol. The number of rotatable bonds is 5. The zero-order valence-electron chi connectivity index (χ0n) is 17.0. The lowest BCUT2D eigenvalue weighted by Gasteiger charge is -2.26. The number of piperazine rings is 1. The van der Waals surface area contributed by atoms with Crippen molar-refractivity contribution in [2.75, 3.05) is 39.8 Å². The lowest BCUT2D eigenvalue weighted by molar-refractivity contribution is -0.123. The molecular formula is C20H30IN5O3. The van der Waals surface area contributed by atoms with Gasteiger partial charge in [0.1, 0.15) is 0 Å². The highest BCUT2D eigenvalue weighted by Gasteiger charge is 2.29. The molecule has 0 radical (unpaired) electrons. The molecule has 2 heterocycles. The van der Waals surface area contributed by atoms with Crippen molar-refractivity contribution < 1.29 is 14.3 Å². The summed E-state index contributed by atoms with van der Waals surface area (Å²) in [4.78, 5) is 29.8. The lowest BCUT2D eigenvalue weighted by Crippen LogP contribution is -2.49. The highest BCUT2D eigenvalue weighted by atomic mass is 127. The Morgan fingerprint density at radius 3 is 2.69 bits per heavy atom. The minimum Gasteiger partial charge on any atom is -0.373 e. The smallest absolute Gasteiger partial charge is 0.254 e. The van der Waals surface area contributed by atoms with Crippen LogP contribution in [0.4, 0.5) is 0 Å². The molecule has 1 aromatic rings. The maximum atomic E-state index is 12.5. The fourth-order valence-corrected chi connectivity index (χ4v) is 3.41. The minimum absolute atomic E-state index is 0. The maximum Gasteiger partial charge on any atom is 0.254 e. The van der Waals surface area contributed by atoms with Crippen molar-refractivity contribution in [1.82, 2.24) is 20.9 Å². The van der Waals surface area contributed by atoms with E-state index >= 15 is 0 Å². The Labute approximate surface area is 188 Å². The van der Waals surface area contributed by atoms with Crippen LogP contribution in [0.25, 0.3) is 0 Å². The van der Waals surface area contributed by atoms with Crippen molar-refractivity contribution in [3.63, 3.8) is 0 Å². The Morgan fingerprint density at radius 2 is 2.07 bits per heavy atom. The third-order valence-electron chi connectivity index (χ3n) is 5.14. The van der Waals surface area contributed by atoms with E-state index in [4.69, 9.17) is 4.74 Å². The number of hydrogen-bond donors (Lipinski definition) is 3. The molecule has 0 bridgehead atoms. The van der Waals surface area contributed by atoms with Crippen LogP contribution in [0.3, 0.4) is 0 Å². The molecule has 2 aliphatic rings. The second-order valence-corrected chi connectivity index (χ2v) is 7.45. The topological polar surface area (TPSA) is 95.1 Å².